The summed E-state index contributed by atoms with van der Waals surface area (Å²) in [5.74, 6) is 6.39. The summed E-state index contributed by atoms with van der Waals surface area (Å²) in [4.78, 5) is 0.800. The molecule has 0 aromatic heterocycles. The average molecular weight is 751 g/mol. The Labute approximate surface area is 313 Å². The van der Waals surface area contributed by atoms with Gasteiger partial charge in [0, 0.05) is 47.5 Å². The van der Waals surface area contributed by atoms with Gasteiger partial charge in [-0.3, -0.25) is 4.21 Å². The van der Waals surface area contributed by atoms with Gasteiger partial charge in [0.2, 0.25) is 0 Å². The van der Waals surface area contributed by atoms with Crippen LogP contribution >= 0.6 is 0 Å². The fourth-order valence-electron chi connectivity index (χ4n) is 6.27. The standard InChI is InChI=1S/C35H25.C11H10NOS.Ru/c1-6-16-26(17-7-1)31-32(27-18-8-2-9-19-27)34(29-22-12-4-13-23-29)35(30-24-14-5-15-25-30)33(31)28-20-10-3-11-21-28;1-9-4-6-10(7-5-9)14(13)11-3-2-8-12-11;/h1-25H;2-8H,1H3;/q;;+2/t;14-;/m.0./s1. The number of hydrogen-bond acceptors (Lipinski definition) is 1. The quantitative estimate of drug-likeness (QED) is 0.150. The molecule has 6 aromatic carbocycles. The van der Waals surface area contributed by atoms with Crippen molar-refractivity contribution in [3.05, 3.63) is 264 Å². The predicted molar refractivity (Wildman–Crippen MR) is 200 cm³/mol. The molecule has 50 heavy (non-hydrogen) atoms. The van der Waals surface area contributed by atoms with Crippen molar-refractivity contribution in [1.29, 1.82) is 0 Å². The predicted octanol–water partition coefficient (Wildman–Crippen LogP) is 9.89. The monoisotopic (exact) mass is 751 g/mol. The van der Waals surface area contributed by atoms with Gasteiger partial charge in [-0.25, -0.2) is 5.32 Å². The number of benzene rings is 6. The van der Waals surface area contributed by atoms with E-state index in [-0.39, 0.29) is 19.5 Å². The Morgan fingerprint density at radius 3 is 0.980 bits per heavy atom. The van der Waals surface area contributed by atoms with Crippen molar-refractivity contribution in [2.75, 3.05) is 0 Å². The molecule has 2 nitrogen and oxygen atoms in total. The molecule has 10 radical (unpaired) electrons. The minimum Gasteiger partial charge on any atom is -0.252 e. The van der Waals surface area contributed by atoms with Gasteiger partial charge in [-0.2, -0.15) is 0 Å². The van der Waals surface area contributed by atoms with E-state index in [4.69, 9.17) is 0 Å². The molecule has 242 valence electrons. The van der Waals surface area contributed by atoms with E-state index in [1.807, 2.05) is 31.2 Å². The Morgan fingerprint density at radius 2 is 0.720 bits per heavy atom. The molecule has 1 aliphatic heterocycles. The van der Waals surface area contributed by atoms with Crippen LogP contribution < -0.4 is 5.32 Å². The number of hydrogen-bond donors (Lipinski definition) is 0. The van der Waals surface area contributed by atoms with Gasteiger partial charge in [0.05, 0.1) is 10.8 Å². The fourth-order valence-corrected chi connectivity index (χ4v) is 7.25. The molecule has 1 saturated carbocycles. The van der Waals surface area contributed by atoms with Crippen molar-refractivity contribution in [1.82, 2.24) is 5.32 Å². The molecule has 0 amide bonds. The SMILES string of the molecule is Cc1ccc([S@](=O)[C]2[CH][CH][CH][N]2)cc1.[Ru+2].c1ccc([C]2[C](c3ccccc3)[C](c3ccccc3)[C](c3ccccc3)[C]2c2ccccc2)cc1. The second-order valence-corrected chi connectivity index (χ2v) is 13.2. The molecule has 4 heteroatoms. The third-order valence-electron chi connectivity index (χ3n) is 8.51. The van der Waals surface area contributed by atoms with Gasteiger partial charge in [0.1, 0.15) is 0 Å². The maximum absolute atomic E-state index is 11.9. The van der Waals surface area contributed by atoms with E-state index >= 15 is 0 Å². The molecule has 6 aromatic rings. The van der Waals surface area contributed by atoms with Gasteiger partial charge >= 0.3 is 19.5 Å². The maximum Gasteiger partial charge on any atom is 2.00 e. The van der Waals surface area contributed by atoms with Crippen LogP contribution in [-0.2, 0) is 30.3 Å². The number of nitrogens with zero attached hydrogens (tertiary/aromatic N) is 1. The van der Waals surface area contributed by atoms with Crippen LogP contribution in [0.3, 0.4) is 0 Å². The molecule has 8 rings (SSSR count). The second-order valence-electron chi connectivity index (χ2n) is 11.8. The van der Waals surface area contributed by atoms with Crippen LogP contribution in [0.25, 0.3) is 0 Å². The summed E-state index contributed by atoms with van der Waals surface area (Å²) < 4.78 is 11.9. The molecular formula is C46H35NORuS+2. The first-order valence-corrected chi connectivity index (χ1v) is 17.5. The van der Waals surface area contributed by atoms with E-state index in [0.717, 1.165) is 4.90 Å². The molecule has 1 atom stereocenters. The largest absolute Gasteiger partial charge is 2.00 e. The van der Waals surface area contributed by atoms with Crippen molar-refractivity contribution in [2.24, 2.45) is 0 Å². The zero-order valence-electron chi connectivity index (χ0n) is 27.6. The van der Waals surface area contributed by atoms with Crippen molar-refractivity contribution >= 4 is 10.8 Å². The first-order chi connectivity index (χ1) is 24.2. The van der Waals surface area contributed by atoms with Crippen LogP contribution in [-0.4, -0.2) is 4.21 Å². The van der Waals surface area contributed by atoms with Gasteiger partial charge in [-0.1, -0.05) is 169 Å². The molecule has 2 fully saturated rings. The summed E-state index contributed by atoms with van der Waals surface area (Å²) in [7, 11) is -1.14. The van der Waals surface area contributed by atoms with Crippen molar-refractivity contribution in [3.8, 4) is 0 Å². The van der Waals surface area contributed by atoms with Crippen molar-refractivity contribution in [3.63, 3.8) is 0 Å². The first kappa shape index (κ1) is 35.9. The van der Waals surface area contributed by atoms with Gasteiger partial charge in [0.15, 0.2) is 5.37 Å². The summed E-state index contributed by atoms with van der Waals surface area (Å²) in [6.07, 6.45) is 3.57. The van der Waals surface area contributed by atoms with Crippen LogP contribution in [0.5, 0.6) is 0 Å². The first-order valence-electron chi connectivity index (χ1n) is 16.4. The fraction of sp³-hybridized carbons (Fsp3) is 0.0217. The molecule has 0 N–H and O–H groups in total. The van der Waals surface area contributed by atoms with E-state index < -0.39 is 10.8 Å². The third kappa shape index (κ3) is 8.00. The Balaban J connectivity index is 0.000000242. The summed E-state index contributed by atoms with van der Waals surface area (Å²) in [5, 5.41) is 4.63. The van der Waals surface area contributed by atoms with Gasteiger partial charge in [-0.15, -0.1) is 0 Å². The number of aryl methyl sites for hydroxylation is 1. The maximum atomic E-state index is 11.9. The Kier molecular flexibility index (Phi) is 12.4. The van der Waals surface area contributed by atoms with Crippen LogP contribution in [0.4, 0.5) is 0 Å². The van der Waals surface area contributed by atoms with E-state index in [1.54, 1.807) is 19.4 Å². The zero-order valence-corrected chi connectivity index (χ0v) is 30.1. The molecule has 1 heterocycles. The minimum atomic E-state index is -1.14. The summed E-state index contributed by atoms with van der Waals surface area (Å²) in [5.41, 5.74) is 7.30. The van der Waals surface area contributed by atoms with Crippen molar-refractivity contribution < 1.29 is 23.7 Å². The Hall–Kier alpha value is -3.95. The molecule has 0 unspecified atom stereocenters. The summed E-state index contributed by atoms with van der Waals surface area (Å²) >= 11 is 0. The Morgan fingerprint density at radius 1 is 0.420 bits per heavy atom. The smallest absolute Gasteiger partial charge is 0.252 e. The summed E-state index contributed by atoms with van der Waals surface area (Å²) in [6.45, 7) is 3.66. The van der Waals surface area contributed by atoms with E-state index in [9.17, 15) is 4.21 Å². The second kappa shape index (κ2) is 17.3. The molecule has 1 saturated heterocycles. The topological polar surface area (TPSA) is 31.2 Å². The zero-order chi connectivity index (χ0) is 33.4. The summed E-state index contributed by atoms with van der Waals surface area (Å²) in [6, 6.07) is 61.8. The van der Waals surface area contributed by atoms with E-state index in [2.05, 4.69) is 157 Å². The van der Waals surface area contributed by atoms with E-state index in [1.165, 1.54) is 63.0 Å². The molecule has 0 spiro atoms. The van der Waals surface area contributed by atoms with Crippen molar-refractivity contribution in [2.45, 2.75) is 11.8 Å². The van der Waals surface area contributed by atoms with Crippen LogP contribution in [0.15, 0.2) is 181 Å². The van der Waals surface area contributed by atoms with Crippen LogP contribution in [0.2, 0.25) is 0 Å². The minimum absolute atomic E-state index is 0. The molecular weight excluding hydrogens is 716 g/mol. The third-order valence-corrected chi connectivity index (χ3v) is 9.84. The normalized spacial score (nSPS) is 16.7. The van der Waals surface area contributed by atoms with Gasteiger partial charge < -0.3 is 0 Å². The molecule has 2 aliphatic rings. The number of rotatable bonds is 7. The van der Waals surface area contributed by atoms with Crippen LogP contribution in [0.1, 0.15) is 33.4 Å². The molecule has 0 bridgehead atoms. The van der Waals surface area contributed by atoms with Crippen LogP contribution in [0, 0.1) is 61.3 Å². The average Bonchev–Trinajstić information content (AvgIpc) is 3.85. The van der Waals surface area contributed by atoms with Gasteiger partial charge in [-0.05, 0) is 53.3 Å². The van der Waals surface area contributed by atoms with Gasteiger partial charge in [0.25, 0.3) is 0 Å². The Bertz CT molecular complexity index is 1640. The van der Waals surface area contributed by atoms with E-state index in [0.29, 0.717) is 5.37 Å². The molecule has 1 aliphatic carbocycles.